The van der Waals surface area contributed by atoms with Crippen molar-refractivity contribution in [3.8, 4) is 17.2 Å². The molecule has 26 heavy (non-hydrogen) atoms. The van der Waals surface area contributed by atoms with Crippen LogP contribution in [0.4, 0.5) is 0 Å². The van der Waals surface area contributed by atoms with E-state index in [0.717, 1.165) is 0 Å². The number of ether oxygens (including phenoxy) is 2. The van der Waals surface area contributed by atoms with E-state index in [9.17, 15) is 14.7 Å². The number of aliphatic carboxylic acids is 1. The molecule has 2 rings (SSSR count). The summed E-state index contributed by atoms with van der Waals surface area (Å²) in [7, 11) is 2.99. The Morgan fingerprint density at radius 1 is 1.00 bits per heavy atom. The fraction of sp³-hybridized carbons (Fsp3) is 0.263. The highest BCUT2D eigenvalue weighted by molar-refractivity contribution is 7.99. The minimum Gasteiger partial charge on any atom is -0.507 e. The second kappa shape index (κ2) is 9.15. The third-order valence-electron chi connectivity index (χ3n) is 3.67. The van der Waals surface area contributed by atoms with Crippen LogP contribution in [0.2, 0.25) is 0 Å². The van der Waals surface area contributed by atoms with Gasteiger partial charge in [-0.05, 0) is 48.6 Å². The molecule has 0 aliphatic rings. The molecule has 0 aromatic heterocycles. The van der Waals surface area contributed by atoms with E-state index in [-0.39, 0.29) is 23.5 Å². The summed E-state index contributed by atoms with van der Waals surface area (Å²) in [5, 5.41) is 18.8. The van der Waals surface area contributed by atoms with Crippen molar-refractivity contribution in [3.63, 3.8) is 0 Å². The van der Waals surface area contributed by atoms with E-state index in [1.54, 1.807) is 24.3 Å². The molecule has 0 saturated carbocycles. The fourth-order valence-electron chi connectivity index (χ4n) is 2.31. The van der Waals surface area contributed by atoms with Crippen LogP contribution in [0.3, 0.4) is 0 Å². The Kier molecular flexibility index (Phi) is 6.91. The summed E-state index contributed by atoms with van der Waals surface area (Å²) in [6.07, 6.45) is 0.563. The zero-order chi connectivity index (χ0) is 19.1. The van der Waals surface area contributed by atoms with Crippen LogP contribution in [0.25, 0.3) is 0 Å². The summed E-state index contributed by atoms with van der Waals surface area (Å²) in [6, 6.07) is 9.57. The minimum atomic E-state index is -0.849. The van der Waals surface area contributed by atoms with Crippen LogP contribution in [0.5, 0.6) is 17.2 Å². The first kappa shape index (κ1) is 19.7. The topological polar surface area (TPSA) is 93.1 Å². The van der Waals surface area contributed by atoms with Crippen LogP contribution in [-0.2, 0) is 4.79 Å². The number of carboxylic acid groups (broad SMARTS) is 1. The number of aromatic hydroxyl groups is 1. The predicted octanol–water partition coefficient (Wildman–Crippen LogP) is 3.60. The molecule has 0 amide bonds. The van der Waals surface area contributed by atoms with Crippen molar-refractivity contribution in [3.05, 3.63) is 47.5 Å². The molecule has 0 heterocycles. The number of phenols is 1. The predicted molar refractivity (Wildman–Crippen MR) is 98.7 cm³/mol. The highest BCUT2D eigenvalue weighted by atomic mass is 32.2. The Labute approximate surface area is 155 Å². The summed E-state index contributed by atoms with van der Waals surface area (Å²) in [4.78, 5) is 24.3. The van der Waals surface area contributed by atoms with Gasteiger partial charge in [0, 0.05) is 16.9 Å². The third-order valence-corrected chi connectivity index (χ3v) is 4.83. The Balaban J connectivity index is 2.33. The van der Waals surface area contributed by atoms with E-state index in [1.807, 2.05) is 0 Å². The summed E-state index contributed by atoms with van der Waals surface area (Å²) < 4.78 is 10.3. The number of carbonyl (C=O) groups is 2. The van der Waals surface area contributed by atoms with Crippen LogP contribution in [0.15, 0.2) is 41.3 Å². The number of hydrogen-bond acceptors (Lipinski definition) is 6. The van der Waals surface area contributed by atoms with Gasteiger partial charge in [0.2, 0.25) is 0 Å². The molecule has 0 bridgehead atoms. The van der Waals surface area contributed by atoms with E-state index in [1.165, 1.54) is 38.1 Å². The Bertz CT molecular complexity index is 803. The van der Waals surface area contributed by atoms with Gasteiger partial charge in [0.15, 0.2) is 5.78 Å². The third kappa shape index (κ3) is 4.92. The van der Waals surface area contributed by atoms with Gasteiger partial charge < -0.3 is 19.7 Å². The summed E-state index contributed by atoms with van der Waals surface area (Å²) in [6.45, 7) is 0. The monoisotopic (exact) mass is 376 g/mol. The molecule has 0 unspecified atom stereocenters. The standard InChI is InChI=1S/C19H20O6S/c1-24-12-5-7-16(20)14(10-12)19(23)15-11-13(25-2)6-8-17(15)26-9-3-4-18(21)22/h5-8,10-11,20H,3-4,9H2,1-2H3,(H,21,22). The van der Waals surface area contributed by atoms with Gasteiger partial charge in [0.1, 0.15) is 17.2 Å². The number of ketones is 1. The first-order valence-electron chi connectivity index (χ1n) is 7.90. The Morgan fingerprint density at radius 3 is 2.23 bits per heavy atom. The molecule has 6 nitrogen and oxygen atoms in total. The zero-order valence-corrected chi connectivity index (χ0v) is 15.3. The zero-order valence-electron chi connectivity index (χ0n) is 14.5. The lowest BCUT2D eigenvalue weighted by molar-refractivity contribution is -0.137. The molecule has 0 atom stereocenters. The Hall–Kier alpha value is -2.67. The number of carboxylic acids is 1. The van der Waals surface area contributed by atoms with Crippen molar-refractivity contribution in [1.29, 1.82) is 0 Å². The van der Waals surface area contributed by atoms with Crippen molar-refractivity contribution in [1.82, 2.24) is 0 Å². The second-order valence-electron chi connectivity index (χ2n) is 5.42. The molecular weight excluding hydrogens is 356 g/mol. The molecule has 0 aliphatic heterocycles. The van der Waals surface area contributed by atoms with Crippen molar-refractivity contribution in [2.75, 3.05) is 20.0 Å². The molecule has 2 aromatic carbocycles. The first-order chi connectivity index (χ1) is 12.5. The Morgan fingerprint density at radius 2 is 1.62 bits per heavy atom. The maximum absolute atomic E-state index is 13.0. The van der Waals surface area contributed by atoms with Gasteiger partial charge >= 0.3 is 5.97 Å². The molecule has 138 valence electrons. The van der Waals surface area contributed by atoms with E-state index < -0.39 is 5.97 Å². The maximum Gasteiger partial charge on any atom is 0.303 e. The van der Waals surface area contributed by atoms with Crippen molar-refractivity contribution in [2.45, 2.75) is 17.7 Å². The van der Waals surface area contributed by atoms with Gasteiger partial charge in [-0.25, -0.2) is 0 Å². The fourth-order valence-corrected chi connectivity index (χ4v) is 3.29. The lowest BCUT2D eigenvalue weighted by Gasteiger charge is -2.12. The summed E-state index contributed by atoms with van der Waals surface area (Å²) in [5.74, 6) is 0.193. The van der Waals surface area contributed by atoms with E-state index in [0.29, 0.717) is 34.1 Å². The SMILES string of the molecule is COc1ccc(O)c(C(=O)c2cc(OC)ccc2SCCCC(=O)O)c1. The minimum absolute atomic E-state index is 0.0725. The highest BCUT2D eigenvalue weighted by Crippen LogP contribution is 2.32. The quantitative estimate of drug-likeness (QED) is 0.392. The van der Waals surface area contributed by atoms with Crippen LogP contribution in [0.1, 0.15) is 28.8 Å². The van der Waals surface area contributed by atoms with Crippen LogP contribution < -0.4 is 9.47 Å². The molecule has 0 spiro atoms. The smallest absolute Gasteiger partial charge is 0.303 e. The van der Waals surface area contributed by atoms with Crippen molar-refractivity contribution in [2.24, 2.45) is 0 Å². The number of thioether (sulfide) groups is 1. The van der Waals surface area contributed by atoms with Gasteiger partial charge in [-0.3, -0.25) is 9.59 Å². The summed E-state index contributed by atoms with van der Waals surface area (Å²) >= 11 is 1.39. The van der Waals surface area contributed by atoms with E-state index >= 15 is 0 Å². The second-order valence-corrected chi connectivity index (χ2v) is 6.56. The van der Waals surface area contributed by atoms with Crippen LogP contribution >= 0.6 is 11.8 Å². The molecule has 0 fully saturated rings. The maximum atomic E-state index is 13.0. The molecule has 0 radical (unpaired) electrons. The molecule has 2 N–H and O–H groups in total. The van der Waals surface area contributed by atoms with Crippen LogP contribution in [0, 0.1) is 0 Å². The number of benzene rings is 2. The van der Waals surface area contributed by atoms with Gasteiger partial charge in [-0.2, -0.15) is 0 Å². The molecule has 0 saturated heterocycles. The number of carbonyl (C=O) groups excluding carboxylic acids is 1. The van der Waals surface area contributed by atoms with Gasteiger partial charge in [0.05, 0.1) is 19.8 Å². The van der Waals surface area contributed by atoms with Crippen molar-refractivity contribution < 1.29 is 29.3 Å². The lowest BCUT2D eigenvalue weighted by Crippen LogP contribution is -2.05. The normalized spacial score (nSPS) is 10.4. The largest absolute Gasteiger partial charge is 0.507 e. The average Bonchev–Trinajstić information content (AvgIpc) is 2.65. The van der Waals surface area contributed by atoms with E-state index in [4.69, 9.17) is 14.6 Å². The first-order valence-corrected chi connectivity index (χ1v) is 8.89. The van der Waals surface area contributed by atoms with E-state index in [2.05, 4.69) is 0 Å². The number of phenolic OH excluding ortho intramolecular Hbond substituents is 1. The van der Waals surface area contributed by atoms with Crippen LogP contribution in [-0.4, -0.2) is 41.9 Å². The molecular formula is C19H20O6S. The summed E-state index contributed by atoms with van der Waals surface area (Å²) in [5.41, 5.74) is 0.512. The van der Waals surface area contributed by atoms with Crippen molar-refractivity contribution >= 4 is 23.5 Å². The number of hydrogen-bond donors (Lipinski definition) is 2. The highest BCUT2D eigenvalue weighted by Gasteiger charge is 2.19. The molecule has 2 aromatic rings. The van der Waals surface area contributed by atoms with Gasteiger partial charge in [0.25, 0.3) is 0 Å². The van der Waals surface area contributed by atoms with Gasteiger partial charge in [-0.1, -0.05) is 0 Å². The average molecular weight is 376 g/mol. The molecule has 7 heteroatoms. The number of rotatable bonds is 9. The lowest BCUT2D eigenvalue weighted by atomic mass is 10.0. The molecule has 0 aliphatic carbocycles. The number of methoxy groups -OCH3 is 2. The van der Waals surface area contributed by atoms with Gasteiger partial charge in [-0.15, -0.1) is 11.8 Å².